The van der Waals surface area contributed by atoms with Crippen LogP contribution in [0.5, 0.6) is 0 Å². The normalized spacial score (nSPS) is 11.6. The topological polar surface area (TPSA) is 56.1 Å². The zero-order valence-corrected chi connectivity index (χ0v) is 15.5. The highest BCUT2D eigenvalue weighted by Crippen LogP contribution is 2.27. The molecule has 0 radical (unpaired) electrons. The molecule has 0 aliphatic rings. The van der Waals surface area contributed by atoms with E-state index in [1.807, 2.05) is 13.0 Å². The van der Waals surface area contributed by atoms with Gasteiger partial charge < -0.3 is 0 Å². The molecule has 0 bridgehead atoms. The summed E-state index contributed by atoms with van der Waals surface area (Å²) in [7, 11) is -3.81. The second kappa shape index (κ2) is 6.52. The molecule has 0 fully saturated rings. The average Bonchev–Trinajstić information content (AvgIpc) is 3.09. The Morgan fingerprint density at radius 3 is 2.15 bits per heavy atom. The molecule has 0 aliphatic heterocycles. The number of benzene rings is 3. The van der Waals surface area contributed by atoms with Crippen LogP contribution in [0, 0.1) is 6.92 Å². The van der Waals surface area contributed by atoms with Crippen LogP contribution < -0.4 is 0 Å². The predicted molar refractivity (Wildman–Crippen MR) is 106 cm³/mol. The number of hydrogen-bond acceptors (Lipinski definition) is 3. The molecule has 4 nitrogen and oxygen atoms in total. The van der Waals surface area contributed by atoms with Crippen LogP contribution in [0.1, 0.15) is 21.5 Å². The molecule has 4 aromatic rings. The number of ketones is 1. The largest absolute Gasteiger partial charge is 0.289 e. The van der Waals surface area contributed by atoms with E-state index in [2.05, 4.69) is 0 Å². The summed E-state index contributed by atoms with van der Waals surface area (Å²) in [6.45, 7) is 1.90. The lowest BCUT2D eigenvalue weighted by Gasteiger charge is -2.07. The summed E-state index contributed by atoms with van der Waals surface area (Å²) in [5.41, 5.74) is 2.35. The molecule has 0 saturated heterocycles. The minimum absolute atomic E-state index is 0.188. The standard InChI is InChI=1S/C22H17NO3S/c1-16-11-13-18(14-12-16)27(25,26)23-15-20(19-9-5-6-10-21(19)23)22(24)17-7-3-2-4-8-17/h2-15H,1H3. The maximum atomic E-state index is 13.2. The van der Waals surface area contributed by atoms with Crippen molar-refractivity contribution in [2.24, 2.45) is 0 Å². The van der Waals surface area contributed by atoms with E-state index in [9.17, 15) is 13.2 Å². The number of nitrogens with zero attached hydrogens (tertiary/aromatic N) is 1. The molecule has 4 rings (SSSR count). The molecular weight excluding hydrogens is 358 g/mol. The number of rotatable bonds is 4. The third-order valence-electron chi connectivity index (χ3n) is 4.54. The van der Waals surface area contributed by atoms with Gasteiger partial charge in [0.2, 0.25) is 0 Å². The molecule has 5 heteroatoms. The van der Waals surface area contributed by atoms with Gasteiger partial charge >= 0.3 is 0 Å². The van der Waals surface area contributed by atoms with Gasteiger partial charge in [0.15, 0.2) is 5.78 Å². The van der Waals surface area contributed by atoms with Gasteiger partial charge in [0, 0.05) is 22.7 Å². The second-order valence-electron chi connectivity index (χ2n) is 6.37. The zero-order valence-electron chi connectivity index (χ0n) is 14.7. The van der Waals surface area contributed by atoms with Crippen molar-refractivity contribution in [2.75, 3.05) is 0 Å². The van der Waals surface area contributed by atoms with Gasteiger partial charge in [-0.3, -0.25) is 4.79 Å². The fourth-order valence-corrected chi connectivity index (χ4v) is 4.47. The van der Waals surface area contributed by atoms with Gasteiger partial charge in [0.25, 0.3) is 10.0 Å². The minimum Gasteiger partial charge on any atom is -0.289 e. The van der Waals surface area contributed by atoms with Crippen LogP contribution in [0.15, 0.2) is 90.0 Å². The third kappa shape index (κ3) is 2.96. The van der Waals surface area contributed by atoms with E-state index < -0.39 is 10.0 Å². The Balaban J connectivity index is 1.93. The van der Waals surface area contributed by atoms with Crippen LogP contribution in [0.3, 0.4) is 0 Å². The highest BCUT2D eigenvalue weighted by Gasteiger charge is 2.24. The third-order valence-corrected chi connectivity index (χ3v) is 6.22. The number of fused-ring (bicyclic) bond motifs is 1. The molecule has 0 spiro atoms. The van der Waals surface area contributed by atoms with E-state index in [4.69, 9.17) is 0 Å². The predicted octanol–water partition coefficient (Wildman–Crippen LogP) is 4.42. The maximum Gasteiger partial charge on any atom is 0.268 e. The SMILES string of the molecule is Cc1ccc(S(=O)(=O)n2cc(C(=O)c3ccccc3)c3ccccc32)cc1. The van der Waals surface area contributed by atoms with Crippen molar-refractivity contribution in [1.29, 1.82) is 0 Å². The molecule has 0 unspecified atom stereocenters. The minimum atomic E-state index is -3.81. The number of aryl methyl sites for hydroxylation is 1. The number of carbonyl (C=O) groups excluding carboxylic acids is 1. The molecule has 3 aromatic carbocycles. The average molecular weight is 375 g/mol. The number of para-hydroxylation sites is 1. The van der Waals surface area contributed by atoms with Crippen molar-refractivity contribution >= 4 is 26.7 Å². The van der Waals surface area contributed by atoms with E-state index >= 15 is 0 Å². The monoisotopic (exact) mass is 375 g/mol. The molecule has 0 saturated carbocycles. The van der Waals surface area contributed by atoms with Crippen LogP contribution in [0.4, 0.5) is 0 Å². The fourth-order valence-electron chi connectivity index (χ4n) is 3.10. The van der Waals surface area contributed by atoms with Gasteiger partial charge in [-0.1, -0.05) is 66.2 Å². The molecule has 134 valence electrons. The van der Waals surface area contributed by atoms with E-state index in [1.165, 1.54) is 10.2 Å². The highest BCUT2D eigenvalue weighted by molar-refractivity contribution is 7.90. The van der Waals surface area contributed by atoms with Crippen molar-refractivity contribution in [3.8, 4) is 0 Å². The first-order valence-corrected chi connectivity index (χ1v) is 9.94. The lowest BCUT2D eigenvalue weighted by molar-refractivity contribution is 0.104. The Hall–Kier alpha value is -3.18. The lowest BCUT2D eigenvalue weighted by Crippen LogP contribution is -2.12. The van der Waals surface area contributed by atoms with Gasteiger partial charge in [0.1, 0.15) is 0 Å². The first kappa shape index (κ1) is 17.2. The lowest BCUT2D eigenvalue weighted by atomic mass is 10.0. The van der Waals surface area contributed by atoms with E-state index in [0.29, 0.717) is 22.0 Å². The van der Waals surface area contributed by atoms with Crippen LogP contribution in [-0.4, -0.2) is 18.2 Å². The fraction of sp³-hybridized carbons (Fsp3) is 0.0455. The van der Waals surface area contributed by atoms with Crippen molar-refractivity contribution in [3.63, 3.8) is 0 Å². The summed E-state index contributed by atoms with van der Waals surface area (Å²) in [4.78, 5) is 13.2. The van der Waals surface area contributed by atoms with Gasteiger partial charge in [-0.2, -0.15) is 0 Å². The molecule has 0 aliphatic carbocycles. The first-order valence-electron chi connectivity index (χ1n) is 8.50. The molecule has 27 heavy (non-hydrogen) atoms. The van der Waals surface area contributed by atoms with Gasteiger partial charge in [-0.15, -0.1) is 0 Å². The zero-order chi connectivity index (χ0) is 19.0. The number of hydrogen-bond donors (Lipinski definition) is 0. The Bertz CT molecular complexity index is 1240. The number of carbonyl (C=O) groups is 1. The molecule has 1 aromatic heterocycles. The molecule has 0 N–H and O–H groups in total. The maximum absolute atomic E-state index is 13.2. The molecule has 0 atom stereocenters. The Morgan fingerprint density at radius 1 is 0.815 bits per heavy atom. The molecule has 1 heterocycles. The van der Waals surface area contributed by atoms with Crippen molar-refractivity contribution < 1.29 is 13.2 Å². The summed E-state index contributed by atoms with van der Waals surface area (Å²) < 4.78 is 27.6. The van der Waals surface area contributed by atoms with E-state index in [-0.39, 0.29) is 10.7 Å². The van der Waals surface area contributed by atoms with Gasteiger partial charge in [0.05, 0.1) is 10.4 Å². The van der Waals surface area contributed by atoms with Crippen LogP contribution in [-0.2, 0) is 10.0 Å². The summed E-state index contributed by atoms with van der Waals surface area (Å²) in [5.74, 6) is -0.204. The van der Waals surface area contributed by atoms with Crippen LogP contribution >= 0.6 is 0 Å². The van der Waals surface area contributed by atoms with E-state index in [0.717, 1.165) is 5.56 Å². The van der Waals surface area contributed by atoms with Crippen molar-refractivity contribution in [2.45, 2.75) is 11.8 Å². The van der Waals surface area contributed by atoms with Crippen molar-refractivity contribution in [3.05, 3.63) is 102 Å². The smallest absolute Gasteiger partial charge is 0.268 e. The quantitative estimate of drug-likeness (QED) is 0.496. The summed E-state index contributed by atoms with van der Waals surface area (Å²) >= 11 is 0. The Labute approximate surface area is 157 Å². The van der Waals surface area contributed by atoms with Gasteiger partial charge in [-0.05, 0) is 25.1 Å². The second-order valence-corrected chi connectivity index (χ2v) is 8.18. The Morgan fingerprint density at radius 2 is 1.44 bits per heavy atom. The molecule has 0 amide bonds. The summed E-state index contributed by atoms with van der Waals surface area (Å²) in [6.07, 6.45) is 1.43. The number of aromatic nitrogens is 1. The van der Waals surface area contributed by atoms with Crippen LogP contribution in [0.2, 0.25) is 0 Å². The summed E-state index contributed by atoms with van der Waals surface area (Å²) in [6, 6.07) is 22.6. The van der Waals surface area contributed by atoms with E-state index in [1.54, 1.807) is 72.8 Å². The van der Waals surface area contributed by atoms with Gasteiger partial charge in [-0.25, -0.2) is 12.4 Å². The van der Waals surface area contributed by atoms with Crippen LogP contribution in [0.25, 0.3) is 10.9 Å². The highest BCUT2D eigenvalue weighted by atomic mass is 32.2. The molecular formula is C22H17NO3S. The summed E-state index contributed by atoms with van der Waals surface area (Å²) in [5, 5.41) is 0.613. The first-order chi connectivity index (χ1) is 13.0. The Kier molecular flexibility index (Phi) is 4.16. The van der Waals surface area contributed by atoms with Crippen molar-refractivity contribution in [1.82, 2.24) is 3.97 Å².